The van der Waals surface area contributed by atoms with Gasteiger partial charge in [0.1, 0.15) is 5.60 Å². The van der Waals surface area contributed by atoms with Crippen LogP contribution >= 0.6 is 0 Å². The average Bonchev–Trinajstić information content (AvgIpc) is 3.48. The lowest BCUT2D eigenvalue weighted by Crippen LogP contribution is -2.27. The molecule has 4 aromatic rings. The van der Waals surface area contributed by atoms with Gasteiger partial charge in [0.05, 0.1) is 30.1 Å². The molecule has 3 aromatic carbocycles. The van der Waals surface area contributed by atoms with Crippen LogP contribution < -0.4 is 19.6 Å². The minimum absolute atomic E-state index is 0.0348. The van der Waals surface area contributed by atoms with Gasteiger partial charge in [-0.2, -0.15) is 8.42 Å². The van der Waals surface area contributed by atoms with Crippen LogP contribution in [-0.4, -0.2) is 44.0 Å². The van der Waals surface area contributed by atoms with E-state index in [9.17, 15) is 18.0 Å². The van der Waals surface area contributed by atoms with Crippen LogP contribution in [0.3, 0.4) is 0 Å². The molecule has 42 heavy (non-hydrogen) atoms. The Bertz CT molecular complexity index is 1790. The third kappa shape index (κ3) is 6.12. The highest BCUT2D eigenvalue weighted by Crippen LogP contribution is 2.44. The van der Waals surface area contributed by atoms with Crippen LogP contribution in [-0.2, 0) is 34.5 Å². The van der Waals surface area contributed by atoms with Crippen LogP contribution in [0.25, 0.3) is 22.2 Å². The number of hydrogen-bond donors (Lipinski definition) is 2. The summed E-state index contributed by atoms with van der Waals surface area (Å²) in [5.74, 6) is -0.380. The summed E-state index contributed by atoms with van der Waals surface area (Å²) in [7, 11) is -2.55. The van der Waals surface area contributed by atoms with Crippen molar-refractivity contribution in [1.82, 2.24) is 15.2 Å². The zero-order valence-electron chi connectivity index (χ0n) is 24.1. The van der Waals surface area contributed by atoms with Gasteiger partial charge in [-0.25, -0.2) is 9.36 Å². The van der Waals surface area contributed by atoms with E-state index in [4.69, 9.17) is 13.7 Å². The van der Waals surface area contributed by atoms with Crippen molar-refractivity contribution < 1.29 is 31.7 Å². The summed E-state index contributed by atoms with van der Waals surface area (Å²) in [5.41, 5.74) is 3.28. The van der Waals surface area contributed by atoms with Gasteiger partial charge in [-0.15, -0.1) is 0 Å². The fraction of sp³-hybridized carbons (Fsp3) is 0.290. The molecule has 10 nitrogen and oxygen atoms in total. The highest BCUT2D eigenvalue weighted by Gasteiger charge is 2.34. The Balaban J connectivity index is 1.64. The summed E-state index contributed by atoms with van der Waals surface area (Å²) in [6.07, 6.45) is 0.300. The van der Waals surface area contributed by atoms with Crippen molar-refractivity contribution in [1.29, 1.82) is 0 Å². The molecule has 1 aliphatic rings. The number of nitrogens with zero attached hydrogens (tertiary/aromatic N) is 1. The Morgan fingerprint density at radius 1 is 1.02 bits per heavy atom. The Hall–Kier alpha value is -4.35. The van der Waals surface area contributed by atoms with E-state index in [1.54, 1.807) is 20.8 Å². The molecule has 0 aliphatic carbocycles. The molecule has 0 saturated heterocycles. The molecule has 2 heterocycles. The van der Waals surface area contributed by atoms with E-state index >= 15 is 0 Å². The van der Waals surface area contributed by atoms with Gasteiger partial charge in [0, 0.05) is 36.1 Å². The van der Waals surface area contributed by atoms with Gasteiger partial charge in [-0.3, -0.25) is 4.79 Å². The highest BCUT2D eigenvalue weighted by molar-refractivity contribution is 7.86. The number of ether oxygens (including phenoxy) is 2. The summed E-state index contributed by atoms with van der Waals surface area (Å²) >= 11 is 0. The lowest BCUT2D eigenvalue weighted by atomic mass is 9.98. The van der Waals surface area contributed by atoms with Gasteiger partial charge in [-0.1, -0.05) is 36.4 Å². The predicted molar refractivity (Wildman–Crippen MR) is 159 cm³/mol. The Kier molecular flexibility index (Phi) is 7.74. The molecule has 5 rings (SSSR count). The molecule has 11 heteroatoms. The lowest BCUT2D eigenvalue weighted by molar-refractivity contribution is 0.0546. The van der Waals surface area contributed by atoms with E-state index in [-0.39, 0.29) is 23.6 Å². The molecule has 0 radical (unpaired) electrons. The molecule has 0 atom stereocenters. The number of nitrogens with one attached hydrogen (secondary N) is 2. The number of carbonyl (C=O) groups is 2. The van der Waals surface area contributed by atoms with Crippen molar-refractivity contribution >= 4 is 33.0 Å². The van der Waals surface area contributed by atoms with Crippen LogP contribution in [0.4, 0.5) is 4.79 Å². The summed E-state index contributed by atoms with van der Waals surface area (Å²) < 4.78 is 42.0. The lowest BCUT2D eigenvalue weighted by Gasteiger charge is -2.22. The monoisotopic (exact) mass is 591 g/mol. The summed E-state index contributed by atoms with van der Waals surface area (Å²) in [4.78, 5) is 26.7. The molecule has 0 spiro atoms. The van der Waals surface area contributed by atoms with Crippen molar-refractivity contribution in [2.24, 2.45) is 0 Å². The van der Waals surface area contributed by atoms with E-state index in [0.29, 0.717) is 35.4 Å². The fourth-order valence-corrected chi connectivity index (χ4v) is 5.48. The van der Waals surface area contributed by atoms with E-state index in [1.165, 1.54) is 23.3 Å². The van der Waals surface area contributed by atoms with Crippen molar-refractivity contribution in [2.45, 2.75) is 46.0 Å². The van der Waals surface area contributed by atoms with Crippen LogP contribution in [0, 0.1) is 0 Å². The van der Waals surface area contributed by atoms with Gasteiger partial charge >= 0.3 is 16.2 Å². The fourth-order valence-electron chi connectivity index (χ4n) is 5.00. The molecule has 2 N–H and O–H groups in total. The largest absolute Gasteiger partial charge is 0.493 e. The smallest absolute Gasteiger partial charge is 0.419 e. The second kappa shape index (κ2) is 11.1. The Labute approximate surface area is 244 Å². The highest BCUT2D eigenvalue weighted by atomic mass is 32.2. The third-order valence-corrected chi connectivity index (χ3v) is 7.14. The van der Waals surface area contributed by atoms with Crippen molar-refractivity contribution in [3.05, 3.63) is 82.9 Å². The number of methoxy groups -OCH3 is 1. The normalized spacial score (nSPS) is 13.1. The zero-order valence-corrected chi connectivity index (χ0v) is 24.9. The van der Waals surface area contributed by atoms with Crippen molar-refractivity contribution in [2.75, 3.05) is 13.4 Å². The number of carbonyl (C=O) groups excluding carboxylic acids is 2. The number of amides is 1. The molecule has 0 saturated carbocycles. The van der Waals surface area contributed by atoms with Crippen LogP contribution in [0.5, 0.6) is 11.5 Å². The van der Waals surface area contributed by atoms with Crippen LogP contribution in [0.15, 0.2) is 60.7 Å². The second-order valence-electron chi connectivity index (χ2n) is 11.1. The Morgan fingerprint density at radius 3 is 2.40 bits per heavy atom. The minimum atomic E-state index is -3.92. The number of rotatable bonds is 8. The maximum absolute atomic E-state index is 13.6. The number of aromatic nitrogens is 1. The molecule has 1 aliphatic heterocycles. The molecule has 0 fully saturated rings. The number of hydrogen-bond acceptors (Lipinski definition) is 8. The SMILES string of the molecule is COc1cc(-c2cc3cc(CNCc4ccccc4)ccc3n2C(=O)OC(C)(C)C)c2c(c1OS(C)(=O)=O)CNC2=O. The van der Waals surface area contributed by atoms with Crippen LogP contribution in [0.1, 0.15) is 47.8 Å². The summed E-state index contributed by atoms with van der Waals surface area (Å²) in [6, 6.07) is 19.2. The standard InChI is InChI=1S/C31H33N3O7S/c1-31(2,3)40-30(36)34-24-12-11-20(17-32-16-19-9-7-6-8-10-19)13-21(24)14-25(34)22-15-26(39-4)28(41-42(5,37)38)23-18-33-29(35)27(22)23/h6-15,32H,16-18H2,1-5H3,(H,33,35). The van der Waals surface area contributed by atoms with Gasteiger partial charge in [0.25, 0.3) is 5.91 Å². The molecule has 220 valence electrons. The molecular weight excluding hydrogens is 558 g/mol. The first-order valence-corrected chi connectivity index (χ1v) is 15.2. The third-order valence-electron chi connectivity index (χ3n) is 6.67. The molecule has 1 amide bonds. The quantitative estimate of drug-likeness (QED) is 0.275. The van der Waals surface area contributed by atoms with Crippen molar-refractivity contribution in [3.8, 4) is 22.8 Å². The van der Waals surface area contributed by atoms with Gasteiger partial charge < -0.3 is 24.3 Å². The van der Waals surface area contributed by atoms with Crippen molar-refractivity contribution in [3.63, 3.8) is 0 Å². The summed E-state index contributed by atoms with van der Waals surface area (Å²) in [6.45, 7) is 6.66. The number of benzene rings is 3. The van der Waals surface area contributed by atoms with E-state index < -0.39 is 27.7 Å². The van der Waals surface area contributed by atoms with E-state index in [2.05, 4.69) is 22.8 Å². The first kappa shape index (κ1) is 29.2. The van der Waals surface area contributed by atoms with Gasteiger partial charge in [0.2, 0.25) is 0 Å². The summed E-state index contributed by atoms with van der Waals surface area (Å²) in [5, 5.41) is 6.94. The van der Waals surface area contributed by atoms with Crippen LogP contribution in [0.2, 0.25) is 0 Å². The Morgan fingerprint density at radius 2 is 1.74 bits per heavy atom. The maximum Gasteiger partial charge on any atom is 0.419 e. The topological polar surface area (TPSA) is 125 Å². The first-order chi connectivity index (χ1) is 19.8. The maximum atomic E-state index is 13.6. The molecule has 0 bridgehead atoms. The second-order valence-corrected chi connectivity index (χ2v) is 12.7. The van der Waals surface area contributed by atoms with Gasteiger partial charge in [-0.05, 0) is 56.2 Å². The first-order valence-electron chi connectivity index (χ1n) is 13.4. The zero-order chi connectivity index (χ0) is 30.2. The minimum Gasteiger partial charge on any atom is -0.493 e. The predicted octanol–water partition coefficient (Wildman–Crippen LogP) is 4.97. The van der Waals surface area contributed by atoms with Gasteiger partial charge in [0.15, 0.2) is 11.5 Å². The molecule has 1 aromatic heterocycles. The van der Waals surface area contributed by atoms with E-state index in [0.717, 1.165) is 17.2 Å². The average molecular weight is 592 g/mol. The van der Waals surface area contributed by atoms with E-state index in [1.807, 2.05) is 42.5 Å². The number of fused-ring (bicyclic) bond motifs is 2. The molecular formula is C31H33N3O7S. The molecule has 0 unspecified atom stereocenters.